The van der Waals surface area contributed by atoms with E-state index in [0.717, 1.165) is 34.5 Å². The minimum Gasteiger partial charge on any atom is -0.395 e. The summed E-state index contributed by atoms with van der Waals surface area (Å²) in [5.74, 6) is 0.0709. The van der Waals surface area contributed by atoms with Gasteiger partial charge in [-0.1, -0.05) is 53.5 Å². The first-order chi connectivity index (χ1) is 23.4. The Morgan fingerprint density at radius 1 is 0.857 bits per heavy atom. The summed E-state index contributed by atoms with van der Waals surface area (Å²) in [5.41, 5.74) is 9.39. The number of rotatable bonds is 15. The first-order valence-electron chi connectivity index (χ1n) is 15.5. The number of carbonyl (C=O) groups excluding carboxylic acids is 1. The summed E-state index contributed by atoms with van der Waals surface area (Å²) < 4.78 is 39.9. The summed E-state index contributed by atoms with van der Waals surface area (Å²) in [6, 6.07) is 24.7. The first-order valence-corrected chi connectivity index (χ1v) is 16.2. The molecule has 260 valence electrons. The summed E-state index contributed by atoms with van der Waals surface area (Å²) >= 11 is 12.2. The molecule has 1 unspecified atom stereocenters. The molecular formula is C36H38Cl2F3N5O3. The van der Waals surface area contributed by atoms with Crippen molar-refractivity contribution in [3.05, 3.63) is 129 Å². The number of aliphatic imine (C=N–C) groups is 1. The third-order valence-corrected chi connectivity index (χ3v) is 8.61. The molecule has 5 N–H and O–H groups in total. The van der Waals surface area contributed by atoms with E-state index in [1.807, 2.05) is 64.4 Å². The van der Waals surface area contributed by atoms with E-state index in [-0.39, 0.29) is 26.2 Å². The Morgan fingerprint density at radius 3 is 1.98 bits per heavy atom. The van der Waals surface area contributed by atoms with Crippen molar-refractivity contribution in [3.8, 4) is 0 Å². The molecule has 49 heavy (non-hydrogen) atoms. The molecule has 0 aliphatic rings. The van der Waals surface area contributed by atoms with Crippen LogP contribution in [0.1, 0.15) is 40.3 Å². The quantitative estimate of drug-likeness (QED) is 0.0816. The Balaban J connectivity index is 1.66. The molecule has 0 radical (unpaired) electrons. The number of hydrogen-bond acceptors (Lipinski definition) is 6. The molecule has 4 aromatic rings. The van der Waals surface area contributed by atoms with E-state index in [0.29, 0.717) is 46.8 Å². The van der Waals surface area contributed by atoms with Crippen LogP contribution < -0.4 is 20.9 Å². The Bertz CT molecular complexity index is 1700. The molecule has 1 atom stereocenters. The van der Waals surface area contributed by atoms with Crippen LogP contribution in [-0.4, -0.2) is 55.3 Å². The summed E-state index contributed by atoms with van der Waals surface area (Å²) in [6.45, 7) is 1.14. The van der Waals surface area contributed by atoms with Crippen LogP contribution >= 0.6 is 23.2 Å². The predicted molar refractivity (Wildman–Crippen MR) is 189 cm³/mol. The van der Waals surface area contributed by atoms with E-state index in [2.05, 4.69) is 10.3 Å². The molecule has 8 nitrogen and oxygen atoms in total. The number of carbonyl (C=O) groups is 1. The molecule has 0 saturated carbocycles. The maximum Gasteiger partial charge on any atom is 0.416 e. The van der Waals surface area contributed by atoms with Gasteiger partial charge in [-0.2, -0.15) is 13.2 Å². The predicted octanol–water partition coefficient (Wildman–Crippen LogP) is 6.59. The first kappa shape index (κ1) is 37.7. The second-order valence-electron chi connectivity index (χ2n) is 11.3. The lowest BCUT2D eigenvalue weighted by atomic mass is 10.0. The van der Waals surface area contributed by atoms with Crippen molar-refractivity contribution >= 4 is 46.3 Å². The molecule has 13 heteroatoms. The third-order valence-electron chi connectivity index (χ3n) is 7.87. The number of nitrogens with zero attached hydrogens (tertiary/aromatic N) is 3. The smallest absolute Gasteiger partial charge is 0.395 e. The van der Waals surface area contributed by atoms with Crippen LogP contribution in [0.3, 0.4) is 0 Å². The number of primary amides is 1. The van der Waals surface area contributed by atoms with Crippen molar-refractivity contribution < 1.29 is 28.2 Å². The number of nitrogens with two attached hydrogens (primary N) is 1. The zero-order valence-electron chi connectivity index (χ0n) is 26.8. The normalized spacial score (nSPS) is 12.5. The van der Waals surface area contributed by atoms with Crippen LogP contribution in [0.15, 0.2) is 96.0 Å². The van der Waals surface area contributed by atoms with Crippen molar-refractivity contribution in [1.82, 2.24) is 5.32 Å². The van der Waals surface area contributed by atoms with E-state index >= 15 is 0 Å². The van der Waals surface area contributed by atoms with Gasteiger partial charge in [0.05, 0.1) is 28.8 Å². The molecule has 0 aromatic heterocycles. The van der Waals surface area contributed by atoms with E-state index in [9.17, 15) is 28.2 Å². The summed E-state index contributed by atoms with van der Waals surface area (Å²) in [7, 11) is 1.64. The number of aliphatic hydroxyl groups excluding tert-OH is 2. The second-order valence-corrected chi connectivity index (χ2v) is 12.1. The fraction of sp³-hybridized carbons (Fsp3) is 0.278. The molecular weight excluding hydrogens is 678 g/mol. The number of amidine groups is 1. The fourth-order valence-corrected chi connectivity index (χ4v) is 5.72. The van der Waals surface area contributed by atoms with Crippen molar-refractivity contribution in [3.63, 3.8) is 0 Å². The minimum atomic E-state index is -4.46. The van der Waals surface area contributed by atoms with E-state index in [1.54, 1.807) is 19.2 Å². The number of amides is 1. The molecule has 1 amide bonds. The molecule has 0 saturated heterocycles. The van der Waals surface area contributed by atoms with Crippen molar-refractivity contribution in [1.29, 1.82) is 0 Å². The van der Waals surface area contributed by atoms with Crippen LogP contribution in [0.5, 0.6) is 0 Å². The topological polar surface area (TPSA) is 114 Å². The van der Waals surface area contributed by atoms with Gasteiger partial charge in [0.1, 0.15) is 5.84 Å². The highest BCUT2D eigenvalue weighted by Gasteiger charge is 2.30. The average molecular weight is 717 g/mol. The number of anilines is 2. The maximum atomic E-state index is 13.3. The largest absolute Gasteiger partial charge is 0.416 e. The highest BCUT2D eigenvalue weighted by atomic mass is 35.5. The Hall–Kier alpha value is -4.13. The number of alkyl halides is 3. The van der Waals surface area contributed by atoms with Crippen LogP contribution in [0, 0.1) is 0 Å². The third kappa shape index (κ3) is 10.4. The molecule has 0 aliphatic carbocycles. The molecule has 0 aliphatic heterocycles. The van der Waals surface area contributed by atoms with E-state index in [4.69, 9.17) is 28.9 Å². The summed E-state index contributed by atoms with van der Waals surface area (Å²) in [5, 5.41) is 23.1. The SMILES string of the molecule is CN=C(c1ccc(N(CCO)CCO)cc1)N(Cc1ccc(C(F)(F)F)cc1)c1ccc(C(CC(N)=O)NCc2ccc(Cl)c(Cl)c2)cc1. The van der Waals surface area contributed by atoms with Crippen LogP contribution in [0.4, 0.5) is 24.5 Å². The van der Waals surface area contributed by atoms with Crippen LogP contribution in [-0.2, 0) is 24.1 Å². The van der Waals surface area contributed by atoms with E-state index in [1.165, 1.54) is 12.1 Å². The highest BCUT2D eigenvalue weighted by molar-refractivity contribution is 6.42. The Morgan fingerprint density at radius 2 is 1.45 bits per heavy atom. The van der Waals surface area contributed by atoms with Gasteiger partial charge in [-0.25, -0.2) is 0 Å². The zero-order chi connectivity index (χ0) is 35.6. The number of aliphatic hydroxyl groups is 2. The second kappa shape index (κ2) is 17.5. The van der Waals surface area contributed by atoms with Gasteiger partial charge in [0.25, 0.3) is 0 Å². The van der Waals surface area contributed by atoms with Gasteiger partial charge in [0.2, 0.25) is 5.91 Å². The molecule has 4 rings (SSSR count). The molecule has 4 aromatic carbocycles. The number of hydrogen-bond donors (Lipinski definition) is 4. The molecule has 0 heterocycles. The molecule has 0 bridgehead atoms. The monoisotopic (exact) mass is 715 g/mol. The lowest BCUT2D eigenvalue weighted by Crippen LogP contribution is -2.32. The lowest BCUT2D eigenvalue weighted by Gasteiger charge is -2.28. The van der Waals surface area contributed by atoms with Crippen molar-refractivity contribution in [2.45, 2.75) is 31.7 Å². The van der Waals surface area contributed by atoms with Gasteiger partial charge < -0.3 is 31.1 Å². The van der Waals surface area contributed by atoms with Gasteiger partial charge >= 0.3 is 6.18 Å². The van der Waals surface area contributed by atoms with E-state index < -0.39 is 23.7 Å². The van der Waals surface area contributed by atoms with Gasteiger partial charge in [0.15, 0.2) is 0 Å². The van der Waals surface area contributed by atoms with Crippen LogP contribution in [0.25, 0.3) is 0 Å². The van der Waals surface area contributed by atoms with Gasteiger partial charge in [-0.15, -0.1) is 0 Å². The number of halogens is 5. The van der Waals surface area contributed by atoms with Crippen molar-refractivity contribution in [2.24, 2.45) is 10.7 Å². The minimum absolute atomic E-state index is 0.0353. The number of benzene rings is 4. The standard InChI is InChI=1S/C36H38Cl2F3N5O3/c1-43-35(27-7-11-29(12-8-27)45(16-18-47)17-19-48)46(23-24-2-9-28(10-3-24)36(39,40)41)30-13-5-26(6-14-30)33(21-34(42)49)44-22-25-4-15-31(37)32(38)20-25/h2-15,20,33,44,47-48H,16-19,21-23H2,1H3,(H2,42,49). The fourth-order valence-electron chi connectivity index (χ4n) is 5.39. The summed E-state index contributed by atoms with van der Waals surface area (Å²) in [6.07, 6.45) is -4.42. The number of nitrogens with one attached hydrogen (secondary N) is 1. The highest BCUT2D eigenvalue weighted by Crippen LogP contribution is 2.31. The molecule has 0 fully saturated rings. The maximum absolute atomic E-state index is 13.3. The zero-order valence-corrected chi connectivity index (χ0v) is 28.3. The summed E-state index contributed by atoms with van der Waals surface area (Å²) in [4.78, 5) is 20.3. The lowest BCUT2D eigenvalue weighted by molar-refractivity contribution is -0.137. The van der Waals surface area contributed by atoms with Gasteiger partial charge in [-0.05, 0) is 77.4 Å². The van der Waals surface area contributed by atoms with Gasteiger partial charge in [-0.3, -0.25) is 9.79 Å². The van der Waals surface area contributed by atoms with Gasteiger partial charge in [0, 0.05) is 62.6 Å². The molecule has 0 spiro atoms. The average Bonchev–Trinajstić information content (AvgIpc) is 3.08. The Kier molecular flexibility index (Phi) is 13.5. The Labute approximate surface area is 293 Å². The van der Waals surface area contributed by atoms with Crippen molar-refractivity contribution in [2.75, 3.05) is 43.2 Å². The van der Waals surface area contributed by atoms with Crippen LogP contribution in [0.2, 0.25) is 10.0 Å².